The molecule has 2 heterocycles. The quantitative estimate of drug-likeness (QED) is 0.702. The average Bonchev–Trinajstić information content (AvgIpc) is 2.75. The van der Waals surface area contributed by atoms with Crippen molar-refractivity contribution in [3.05, 3.63) is 58.7 Å². The summed E-state index contributed by atoms with van der Waals surface area (Å²) >= 11 is 5.83. The summed E-state index contributed by atoms with van der Waals surface area (Å²) in [6.45, 7) is 5.78. The molecule has 0 bridgehead atoms. The predicted octanol–water partition coefficient (Wildman–Crippen LogP) is 3.83. The van der Waals surface area contributed by atoms with Crippen LogP contribution in [0.15, 0.2) is 42.6 Å². The Bertz CT molecular complexity index is 855. The first-order valence-electron chi connectivity index (χ1n) is 10.5. The Morgan fingerprint density at radius 2 is 2.00 bits per heavy atom. The van der Waals surface area contributed by atoms with Gasteiger partial charge >= 0.3 is 0 Å². The predicted molar refractivity (Wildman–Crippen MR) is 119 cm³/mol. The number of nitrogens with zero attached hydrogens (tertiary/aromatic N) is 2. The minimum absolute atomic E-state index is 0.0255. The number of aryl methyl sites for hydroxylation is 1. The molecule has 1 aliphatic rings. The first-order chi connectivity index (χ1) is 14.4. The van der Waals surface area contributed by atoms with E-state index in [4.69, 9.17) is 11.6 Å². The van der Waals surface area contributed by atoms with E-state index >= 15 is 0 Å². The summed E-state index contributed by atoms with van der Waals surface area (Å²) < 4.78 is 0. The zero-order valence-electron chi connectivity index (χ0n) is 17.5. The second-order valence-electron chi connectivity index (χ2n) is 7.81. The first-order valence-corrected chi connectivity index (χ1v) is 10.9. The zero-order chi connectivity index (χ0) is 21.5. The molecule has 0 radical (unpaired) electrons. The lowest BCUT2D eigenvalue weighted by Gasteiger charge is -2.31. The van der Waals surface area contributed by atoms with Crippen molar-refractivity contribution in [2.75, 3.05) is 25.0 Å². The number of pyridine rings is 1. The molecule has 0 aliphatic carbocycles. The van der Waals surface area contributed by atoms with Crippen LogP contribution in [0.1, 0.15) is 43.9 Å². The van der Waals surface area contributed by atoms with Crippen LogP contribution in [0, 0.1) is 5.92 Å². The van der Waals surface area contributed by atoms with Crippen LogP contribution < -0.4 is 10.6 Å². The summed E-state index contributed by atoms with van der Waals surface area (Å²) in [6.07, 6.45) is 4.19. The second-order valence-corrected chi connectivity index (χ2v) is 8.25. The molecule has 1 aromatic heterocycles. The van der Waals surface area contributed by atoms with Crippen molar-refractivity contribution in [2.45, 2.75) is 39.2 Å². The number of carbonyl (C=O) groups excluding carboxylic acids is 2. The standard InChI is InChI=1S/C23H29ClN4O2/c1-3-17-6-8-18(9-7-17)16(2)26-22(29)15-28-12-4-5-19(14-28)23(30)27-21-11-10-20(24)13-25-21/h6-11,13,16,19H,3-5,12,14-15H2,1-2H3,(H,26,29)(H,25,27,30)/t16-,19-/m1/s1. The Morgan fingerprint density at radius 3 is 2.67 bits per heavy atom. The van der Waals surface area contributed by atoms with Crippen molar-refractivity contribution in [2.24, 2.45) is 5.92 Å². The minimum atomic E-state index is -0.164. The number of likely N-dealkylation sites (tertiary alicyclic amines) is 1. The molecule has 1 fully saturated rings. The van der Waals surface area contributed by atoms with Gasteiger partial charge in [-0.15, -0.1) is 0 Å². The Balaban J connectivity index is 1.49. The fraction of sp³-hybridized carbons (Fsp3) is 0.435. The maximum Gasteiger partial charge on any atom is 0.234 e. The molecule has 2 N–H and O–H groups in total. The van der Waals surface area contributed by atoms with Crippen molar-refractivity contribution in [3.63, 3.8) is 0 Å². The molecule has 7 heteroatoms. The number of nitrogens with one attached hydrogen (secondary N) is 2. The summed E-state index contributed by atoms with van der Waals surface area (Å²) in [5, 5.41) is 6.43. The number of amides is 2. The van der Waals surface area contributed by atoms with Gasteiger partial charge in [-0.2, -0.15) is 0 Å². The molecule has 0 spiro atoms. The highest BCUT2D eigenvalue weighted by Gasteiger charge is 2.27. The summed E-state index contributed by atoms with van der Waals surface area (Å²) in [7, 11) is 0. The van der Waals surface area contributed by atoms with Crippen molar-refractivity contribution in [3.8, 4) is 0 Å². The lowest BCUT2D eigenvalue weighted by molar-refractivity contribution is -0.126. The molecule has 1 aromatic carbocycles. The molecule has 1 aliphatic heterocycles. The van der Waals surface area contributed by atoms with Gasteiger partial charge < -0.3 is 10.6 Å². The van der Waals surface area contributed by atoms with E-state index in [0.717, 1.165) is 31.4 Å². The molecule has 30 heavy (non-hydrogen) atoms. The van der Waals surface area contributed by atoms with Crippen LogP contribution in [0.2, 0.25) is 5.02 Å². The average molecular weight is 429 g/mol. The fourth-order valence-corrected chi connectivity index (χ4v) is 3.82. The van der Waals surface area contributed by atoms with Gasteiger partial charge in [0.25, 0.3) is 0 Å². The van der Waals surface area contributed by atoms with Gasteiger partial charge in [0, 0.05) is 12.7 Å². The molecular weight excluding hydrogens is 400 g/mol. The largest absolute Gasteiger partial charge is 0.348 e. The van der Waals surface area contributed by atoms with Gasteiger partial charge in [-0.1, -0.05) is 42.8 Å². The maximum absolute atomic E-state index is 12.6. The van der Waals surface area contributed by atoms with Gasteiger partial charge in [0.15, 0.2) is 0 Å². The molecule has 2 aromatic rings. The van der Waals surface area contributed by atoms with Crippen molar-refractivity contribution in [1.29, 1.82) is 0 Å². The van der Waals surface area contributed by atoms with Gasteiger partial charge in [0.05, 0.1) is 23.5 Å². The number of rotatable bonds is 7. The molecule has 0 saturated carbocycles. The van der Waals surface area contributed by atoms with Crippen molar-refractivity contribution >= 4 is 29.2 Å². The van der Waals surface area contributed by atoms with E-state index in [1.54, 1.807) is 12.1 Å². The topological polar surface area (TPSA) is 74.3 Å². The van der Waals surface area contributed by atoms with E-state index in [-0.39, 0.29) is 23.8 Å². The molecule has 160 valence electrons. The number of piperidine rings is 1. The van der Waals surface area contributed by atoms with E-state index in [1.165, 1.54) is 11.8 Å². The number of hydrogen-bond donors (Lipinski definition) is 2. The highest BCUT2D eigenvalue weighted by Crippen LogP contribution is 2.19. The molecule has 2 amide bonds. The Kier molecular flexibility index (Phi) is 7.82. The number of hydrogen-bond acceptors (Lipinski definition) is 4. The maximum atomic E-state index is 12.6. The zero-order valence-corrected chi connectivity index (χ0v) is 18.3. The van der Waals surface area contributed by atoms with Gasteiger partial charge in [0.2, 0.25) is 11.8 Å². The summed E-state index contributed by atoms with van der Waals surface area (Å²) in [5.74, 6) is 0.229. The highest BCUT2D eigenvalue weighted by molar-refractivity contribution is 6.30. The van der Waals surface area contributed by atoms with Crippen LogP contribution in [-0.4, -0.2) is 41.3 Å². The molecule has 0 unspecified atom stereocenters. The van der Waals surface area contributed by atoms with Gasteiger partial charge in [-0.05, 0) is 56.0 Å². The van der Waals surface area contributed by atoms with E-state index in [2.05, 4.69) is 46.8 Å². The van der Waals surface area contributed by atoms with Crippen molar-refractivity contribution in [1.82, 2.24) is 15.2 Å². The summed E-state index contributed by atoms with van der Waals surface area (Å²) in [4.78, 5) is 31.3. The summed E-state index contributed by atoms with van der Waals surface area (Å²) in [6, 6.07) is 11.7. The Labute approximate surface area is 183 Å². The second kappa shape index (κ2) is 10.5. The van der Waals surface area contributed by atoms with Crippen molar-refractivity contribution < 1.29 is 9.59 Å². The molecular formula is C23H29ClN4O2. The third-order valence-corrected chi connectivity index (χ3v) is 5.71. The van der Waals surface area contributed by atoms with Crippen LogP contribution in [0.5, 0.6) is 0 Å². The van der Waals surface area contributed by atoms with Gasteiger partial charge in [-0.25, -0.2) is 4.98 Å². The SMILES string of the molecule is CCc1ccc([C@@H](C)NC(=O)CN2CCC[C@@H](C(=O)Nc3ccc(Cl)cn3)C2)cc1. The van der Waals surface area contributed by atoms with E-state index in [1.807, 2.05) is 11.8 Å². The van der Waals surface area contributed by atoms with Crippen LogP contribution in [0.25, 0.3) is 0 Å². The van der Waals surface area contributed by atoms with Gasteiger partial charge in [-0.3, -0.25) is 14.5 Å². The third kappa shape index (κ3) is 6.28. The highest BCUT2D eigenvalue weighted by atomic mass is 35.5. The normalized spacial score (nSPS) is 17.9. The van der Waals surface area contributed by atoms with Crippen LogP contribution in [0.3, 0.4) is 0 Å². The lowest BCUT2D eigenvalue weighted by atomic mass is 9.97. The number of aromatic nitrogens is 1. The fourth-order valence-electron chi connectivity index (χ4n) is 3.71. The lowest BCUT2D eigenvalue weighted by Crippen LogP contribution is -2.45. The van der Waals surface area contributed by atoms with Gasteiger partial charge in [0.1, 0.15) is 5.82 Å². The first kappa shape index (κ1) is 22.2. The number of halogens is 1. The van der Waals surface area contributed by atoms with Crippen LogP contribution in [-0.2, 0) is 16.0 Å². The molecule has 1 saturated heterocycles. The van der Waals surface area contributed by atoms with E-state index < -0.39 is 0 Å². The number of benzene rings is 1. The molecule has 6 nitrogen and oxygen atoms in total. The summed E-state index contributed by atoms with van der Waals surface area (Å²) in [5.41, 5.74) is 2.37. The molecule has 2 atom stereocenters. The van der Waals surface area contributed by atoms with Crippen LogP contribution >= 0.6 is 11.6 Å². The van der Waals surface area contributed by atoms with E-state index in [9.17, 15) is 9.59 Å². The monoisotopic (exact) mass is 428 g/mol. The van der Waals surface area contributed by atoms with E-state index in [0.29, 0.717) is 23.9 Å². The smallest absolute Gasteiger partial charge is 0.234 e. The number of anilines is 1. The molecule has 3 rings (SSSR count). The number of carbonyl (C=O) groups is 2. The third-order valence-electron chi connectivity index (χ3n) is 5.49. The Hall–Kier alpha value is -2.44. The Morgan fingerprint density at radius 1 is 1.23 bits per heavy atom. The van der Waals surface area contributed by atoms with Crippen LogP contribution in [0.4, 0.5) is 5.82 Å². The minimum Gasteiger partial charge on any atom is -0.348 e.